The summed E-state index contributed by atoms with van der Waals surface area (Å²) in [6.07, 6.45) is -0.147. The van der Waals surface area contributed by atoms with Crippen molar-refractivity contribution in [2.45, 2.75) is 69.4 Å². The molecule has 1 saturated heterocycles. The lowest BCUT2D eigenvalue weighted by Gasteiger charge is -2.46. The Kier molecular flexibility index (Phi) is 9.23. The monoisotopic (exact) mass is 672 g/mol. The van der Waals surface area contributed by atoms with Crippen LogP contribution in [0.2, 0.25) is 0 Å². The molecule has 0 radical (unpaired) electrons. The van der Waals surface area contributed by atoms with Crippen LogP contribution in [0.25, 0.3) is 0 Å². The van der Waals surface area contributed by atoms with Crippen molar-refractivity contribution in [1.82, 2.24) is 10.2 Å². The number of esters is 1. The minimum absolute atomic E-state index is 0.148. The first-order valence-corrected chi connectivity index (χ1v) is 16.7. The largest absolute Gasteiger partial charge is 0.497 e. The summed E-state index contributed by atoms with van der Waals surface area (Å²) in [5, 5.41) is 16.6. The van der Waals surface area contributed by atoms with E-state index >= 15 is 4.79 Å². The SMILES string of the molecule is CC[C@H](C)C(=O)N[C@@H]1CCCN1C(=O)[C@H]1[C@@H](c2ccccc2)[C@]2(c3ccc(OC)cc3)Oc3cc(OC)cc(OC)c3[C@@]1(O)[C@@H]2OC(C)=O. The van der Waals surface area contributed by atoms with Crippen molar-refractivity contribution in [3.63, 3.8) is 0 Å². The van der Waals surface area contributed by atoms with E-state index in [1.54, 1.807) is 48.4 Å². The quantitative estimate of drug-likeness (QED) is 0.296. The topological polar surface area (TPSA) is 133 Å². The summed E-state index contributed by atoms with van der Waals surface area (Å²) in [5.41, 5.74) is -2.40. The van der Waals surface area contributed by atoms with Crippen LogP contribution in [-0.2, 0) is 30.3 Å². The summed E-state index contributed by atoms with van der Waals surface area (Å²) < 4.78 is 30.2. The van der Waals surface area contributed by atoms with Crippen molar-refractivity contribution in [2.75, 3.05) is 27.9 Å². The van der Waals surface area contributed by atoms with Crippen LogP contribution >= 0.6 is 0 Å². The van der Waals surface area contributed by atoms with E-state index in [2.05, 4.69) is 5.32 Å². The second kappa shape index (κ2) is 13.3. The number of benzene rings is 3. The fraction of sp³-hybridized carbons (Fsp3) is 0.447. The molecule has 3 aromatic carbocycles. The highest BCUT2D eigenvalue weighted by Crippen LogP contribution is 2.69. The number of hydrogen-bond acceptors (Lipinski definition) is 9. The standard InChI is InChI=1S/C38H44N2O9/c1-7-22(2)34(42)39-30-14-11-19-40(30)35(43)33-31(24-12-9-8-10-13-24)38(25-15-17-26(45-4)18-16-25)36(48-23(3)41)37(33,44)32-28(47-6)20-27(46-5)21-29(32)49-38/h8-10,12-13,15-18,20-22,30-31,33,36,44H,7,11,14,19H2,1-6H3,(H,39,42)/t22-,30-,31+,33+,36-,37-,38-/m0/s1. The number of rotatable bonds is 10. The van der Waals surface area contributed by atoms with Gasteiger partial charge in [0.05, 0.1) is 32.8 Å². The molecule has 260 valence electrons. The minimum Gasteiger partial charge on any atom is -0.497 e. The van der Waals surface area contributed by atoms with E-state index in [-0.39, 0.29) is 28.9 Å². The van der Waals surface area contributed by atoms with Crippen molar-refractivity contribution in [2.24, 2.45) is 11.8 Å². The summed E-state index contributed by atoms with van der Waals surface area (Å²) in [4.78, 5) is 43.2. The summed E-state index contributed by atoms with van der Waals surface area (Å²) in [6.45, 7) is 5.41. The molecular weight excluding hydrogens is 628 g/mol. The molecule has 2 fully saturated rings. The highest BCUT2D eigenvalue weighted by molar-refractivity contribution is 5.86. The van der Waals surface area contributed by atoms with Gasteiger partial charge >= 0.3 is 5.97 Å². The molecule has 49 heavy (non-hydrogen) atoms. The van der Waals surface area contributed by atoms with Crippen LogP contribution in [0.5, 0.6) is 23.0 Å². The summed E-state index contributed by atoms with van der Waals surface area (Å²) in [7, 11) is 4.52. The number of methoxy groups -OCH3 is 3. The molecule has 3 aliphatic rings. The van der Waals surface area contributed by atoms with E-state index in [0.29, 0.717) is 48.4 Å². The van der Waals surface area contributed by atoms with Crippen LogP contribution < -0.4 is 24.3 Å². The molecule has 3 aromatic rings. The van der Waals surface area contributed by atoms with Crippen molar-refractivity contribution in [1.29, 1.82) is 0 Å². The highest BCUT2D eigenvalue weighted by Gasteiger charge is 2.78. The average Bonchev–Trinajstić information content (AvgIpc) is 3.63. The number of amides is 2. The van der Waals surface area contributed by atoms with Gasteiger partial charge in [0.1, 0.15) is 29.2 Å². The lowest BCUT2D eigenvalue weighted by atomic mass is 9.75. The third-order valence-corrected chi connectivity index (χ3v) is 10.4. The number of hydrogen-bond donors (Lipinski definition) is 2. The molecule has 0 aromatic heterocycles. The molecule has 2 amide bonds. The number of fused-ring (bicyclic) bond motifs is 4. The first kappa shape index (κ1) is 34.1. The summed E-state index contributed by atoms with van der Waals surface area (Å²) >= 11 is 0. The van der Waals surface area contributed by atoms with Crippen LogP contribution in [0, 0.1) is 11.8 Å². The van der Waals surface area contributed by atoms with Gasteiger partial charge in [-0.15, -0.1) is 0 Å². The molecule has 11 heteroatoms. The molecule has 1 aliphatic carbocycles. The number of aliphatic hydroxyl groups is 1. The van der Waals surface area contributed by atoms with Gasteiger partial charge in [-0.2, -0.15) is 0 Å². The van der Waals surface area contributed by atoms with E-state index in [1.807, 2.05) is 44.2 Å². The van der Waals surface area contributed by atoms with Crippen LogP contribution in [0.3, 0.4) is 0 Å². The fourth-order valence-electron chi connectivity index (χ4n) is 7.93. The summed E-state index contributed by atoms with van der Waals surface area (Å²) in [6, 6.07) is 19.7. The zero-order valence-electron chi connectivity index (χ0n) is 28.7. The Morgan fingerprint density at radius 2 is 1.69 bits per heavy atom. The van der Waals surface area contributed by atoms with Gasteiger partial charge in [0.15, 0.2) is 17.3 Å². The van der Waals surface area contributed by atoms with E-state index < -0.39 is 47.2 Å². The molecule has 0 unspecified atom stereocenters. The van der Waals surface area contributed by atoms with Crippen LogP contribution in [0.1, 0.15) is 62.6 Å². The van der Waals surface area contributed by atoms with Gasteiger partial charge in [-0.05, 0) is 37.0 Å². The Bertz CT molecular complexity index is 1710. The zero-order chi connectivity index (χ0) is 35.1. The van der Waals surface area contributed by atoms with Gasteiger partial charge in [-0.1, -0.05) is 56.3 Å². The zero-order valence-corrected chi connectivity index (χ0v) is 28.7. The Morgan fingerprint density at radius 1 is 1.00 bits per heavy atom. The lowest BCUT2D eigenvalue weighted by molar-refractivity contribution is -0.196. The molecule has 11 nitrogen and oxygen atoms in total. The summed E-state index contributed by atoms with van der Waals surface area (Å²) in [5.74, 6) is -2.24. The molecule has 2 N–H and O–H groups in total. The number of carbonyl (C=O) groups is 3. The molecular formula is C38H44N2O9. The minimum atomic E-state index is -2.18. The number of carbonyl (C=O) groups excluding carboxylic acids is 3. The molecule has 0 spiro atoms. The third-order valence-electron chi connectivity index (χ3n) is 10.4. The third kappa shape index (κ3) is 5.44. The number of likely N-dealkylation sites (tertiary alicyclic amines) is 1. The number of ether oxygens (including phenoxy) is 5. The second-order valence-corrected chi connectivity index (χ2v) is 13.0. The Labute approximate surface area is 286 Å². The van der Waals surface area contributed by atoms with Crippen molar-refractivity contribution in [3.05, 3.63) is 83.4 Å². The number of nitrogens with one attached hydrogen (secondary N) is 1. The Hall–Kier alpha value is -4.77. The average molecular weight is 673 g/mol. The Balaban J connectivity index is 1.66. The van der Waals surface area contributed by atoms with Crippen LogP contribution in [0.15, 0.2) is 66.7 Å². The maximum Gasteiger partial charge on any atom is 0.303 e. The molecule has 2 bridgehead atoms. The normalized spacial score (nSPS) is 27.4. The first-order chi connectivity index (χ1) is 23.5. The first-order valence-electron chi connectivity index (χ1n) is 16.7. The molecule has 2 heterocycles. The van der Waals surface area contributed by atoms with Crippen LogP contribution in [-0.4, -0.2) is 67.9 Å². The smallest absolute Gasteiger partial charge is 0.303 e. The molecule has 1 saturated carbocycles. The fourth-order valence-corrected chi connectivity index (χ4v) is 7.93. The van der Waals surface area contributed by atoms with Gasteiger partial charge in [0, 0.05) is 43.0 Å². The second-order valence-electron chi connectivity index (χ2n) is 13.0. The van der Waals surface area contributed by atoms with Crippen molar-refractivity contribution >= 4 is 17.8 Å². The van der Waals surface area contributed by atoms with Gasteiger partial charge in [0.2, 0.25) is 11.8 Å². The van der Waals surface area contributed by atoms with E-state index in [1.165, 1.54) is 21.1 Å². The highest BCUT2D eigenvalue weighted by atomic mass is 16.6. The van der Waals surface area contributed by atoms with Crippen molar-refractivity contribution < 1.29 is 43.2 Å². The van der Waals surface area contributed by atoms with Gasteiger partial charge < -0.3 is 39.0 Å². The maximum atomic E-state index is 15.4. The van der Waals surface area contributed by atoms with E-state index in [9.17, 15) is 14.7 Å². The van der Waals surface area contributed by atoms with Crippen LogP contribution in [0.4, 0.5) is 0 Å². The van der Waals surface area contributed by atoms with E-state index in [0.717, 1.165) is 0 Å². The van der Waals surface area contributed by atoms with E-state index in [4.69, 9.17) is 23.7 Å². The molecule has 6 rings (SSSR count). The van der Waals surface area contributed by atoms with Gasteiger partial charge in [-0.25, -0.2) is 0 Å². The lowest BCUT2D eigenvalue weighted by Crippen LogP contribution is -2.57. The molecule has 2 aliphatic heterocycles. The van der Waals surface area contributed by atoms with Gasteiger partial charge in [-0.3, -0.25) is 14.4 Å². The van der Waals surface area contributed by atoms with Crippen molar-refractivity contribution in [3.8, 4) is 23.0 Å². The maximum absolute atomic E-state index is 15.4. The van der Waals surface area contributed by atoms with Gasteiger partial charge in [0.25, 0.3) is 0 Å². The Morgan fingerprint density at radius 3 is 2.31 bits per heavy atom. The number of nitrogens with zero attached hydrogens (tertiary/aromatic N) is 1. The predicted molar refractivity (Wildman–Crippen MR) is 179 cm³/mol. The molecule has 7 atom stereocenters. The predicted octanol–water partition coefficient (Wildman–Crippen LogP) is 4.64.